The molecular weight excluding hydrogens is 193 g/mol. The summed E-state index contributed by atoms with van der Waals surface area (Å²) >= 11 is 0. The van der Waals surface area contributed by atoms with Crippen LogP contribution in [0.25, 0.3) is 0 Å². The largest absolute Gasteiger partial charge is 0.371 e. The average molecular weight is 207 g/mol. The second-order valence-electron chi connectivity index (χ2n) is 3.73. The lowest BCUT2D eigenvalue weighted by molar-refractivity contribution is -0.593. The van der Waals surface area contributed by atoms with E-state index in [1.54, 1.807) is 6.92 Å². The van der Waals surface area contributed by atoms with Gasteiger partial charge < -0.3 is 9.47 Å². The highest BCUT2D eigenvalue weighted by Gasteiger charge is 2.55. The number of hydrogen-bond donors (Lipinski definition) is 0. The van der Waals surface area contributed by atoms with Crippen molar-refractivity contribution in [2.45, 2.75) is 44.4 Å². The molecule has 0 unspecified atom stereocenters. The van der Waals surface area contributed by atoms with Crippen molar-refractivity contribution < 1.29 is 18.8 Å². The molecule has 1 fully saturated rings. The van der Waals surface area contributed by atoms with Crippen LogP contribution < -0.4 is 0 Å². The first-order chi connectivity index (χ1) is 6.41. The van der Waals surface area contributed by atoms with Gasteiger partial charge in [-0.15, -0.1) is 0 Å². The maximum Gasteiger partial charge on any atom is 0.252 e. The Kier molecular flexibility index (Phi) is 3.06. The highest BCUT2D eigenvalue weighted by Crippen LogP contribution is 2.33. The summed E-state index contributed by atoms with van der Waals surface area (Å²) in [6.07, 6.45) is -3.20. The summed E-state index contributed by atoms with van der Waals surface area (Å²) in [5.41, 5.74) is -1.41. The van der Waals surface area contributed by atoms with Gasteiger partial charge in [0.1, 0.15) is 0 Å². The lowest BCUT2D eigenvalue weighted by atomic mass is 9.86. The smallest absolute Gasteiger partial charge is 0.252 e. The molecule has 82 valence electrons. The summed E-state index contributed by atoms with van der Waals surface area (Å²) in [5, 5.41) is 10.8. The van der Waals surface area contributed by atoms with Gasteiger partial charge in [0.2, 0.25) is 6.36 Å². The summed E-state index contributed by atoms with van der Waals surface area (Å²) < 4.78 is 22.9. The van der Waals surface area contributed by atoms with Gasteiger partial charge in [-0.25, -0.2) is 4.39 Å². The van der Waals surface area contributed by atoms with Crippen molar-refractivity contribution in [2.75, 3.05) is 7.11 Å². The van der Waals surface area contributed by atoms with Crippen molar-refractivity contribution in [1.82, 2.24) is 0 Å². The molecule has 1 rings (SSSR count). The maximum atomic E-state index is 13.0. The first-order valence-electron chi connectivity index (χ1n) is 4.38. The predicted octanol–water partition coefficient (Wildman–Crippen LogP) is 1.14. The highest BCUT2D eigenvalue weighted by molar-refractivity contribution is 4.92. The second-order valence-corrected chi connectivity index (χ2v) is 3.73. The minimum Gasteiger partial charge on any atom is -0.371 e. The Hall–Kier alpha value is -0.750. The zero-order chi connectivity index (χ0) is 10.9. The molecule has 14 heavy (non-hydrogen) atoms. The number of nitrogens with zero attached hydrogens (tertiary/aromatic N) is 1. The summed E-state index contributed by atoms with van der Waals surface area (Å²) in [5.74, 6) is 0. The minimum atomic E-state index is -1.59. The summed E-state index contributed by atoms with van der Waals surface area (Å²) in [6.45, 7) is 2.95. The summed E-state index contributed by atoms with van der Waals surface area (Å²) in [7, 11) is 1.37. The Balaban J connectivity index is 2.93. The number of alkyl halides is 1. The average Bonchev–Trinajstić information content (AvgIpc) is 2.02. The van der Waals surface area contributed by atoms with Gasteiger partial charge in [0, 0.05) is 19.0 Å². The number of hydrogen-bond acceptors (Lipinski definition) is 4. The third kappa shape index (κ3) is 1.72. The molecule has 0 aromatic rings. The molecule has 0 N–H and O–H groups in total. The van der Waals surface area contributed by atoms with E-state index < -0.39 is 29.0 Å². The standard InChI is InChI=1S/C8H14FNO4/c1-5-7(13-3)8(2,10(11)12)4-6(9)14-5/h5-7H,4H2,1-3H3/t5-,6-,7-,8-/m0/s1. The van der Waals surface area contributed by atoms with E-state index in [2.05, 4.69) is 0 Å². The normalized spacial score (nSPS) is 43.6. The molecule has 0 saturated carbocycles. The fraction of sp³-hybridized carbons (Fsp3) is 1.00. The van der Waals surface area contributed by atoms with Gasteiger partial charge >= 0.3 is 0 Å². The van der Waals surface area contributed by atoms with Gasteiger partial charge in [-0.2, -0.15) is 0 Å². The van der Waals surface area contributed by atoms with Gasteiger partial charge in [0.05, 0.1) is 12.5 Å². The SMILES string of the molecule is CO[C@H]1[C@H](C)O[C@H](F)C[C@]1(C)[N+](=O)[O-]. The fourth-order valence-corrected chi connectivity index (χ4v) is 1.92. The third-order valence-corrected chi connectivity index (χ3v) is 2.65. The summed E-state index contributed by atoms with van der Waals surface area (Å²) in [4.78, 5) is 10.3. The molecule has 5 nitrogen and oxygen atoms in total. The lowest BCUT2D eigenvalue weighted by Crippen LogP contribution is -2.58. The Morgan fingerprint density at radius 2 is 2.29 bits per heavy atom. The molecule has 6 heteroatoms. The van der Waals surface area contributed by atoms with Gasteiger partial charge in [0.25, 0.3) is 5.54 Å². The second kappa shape index (κ2) is 3.78. The predicted molar refractivity (Wildman–Crippen MR) is 46.3 cm³/mol. The van der Waals surface area contributed by atoms with Crippen LogP contribution in [0.5, 0.6) is 0 Å². The molecular formula is C8H14FNO4. The van der Waals surface area contributed by atoms with Gasteiger partial charge in [-0.1, -0.05) is 0 Å². The number of ether oxygens (including phenoxy) is 2. The van der Waals surface area contributed by atoms with Crippen molar-refractivity contribution >= 4 is 0 Å². The van der Waals surface area contributed by atoms with Crippen LogP contribution >= 0.6 is 0 Å². The quantitative estimate of drug-likeness (QED) is 0.503. The fourth-order valence-electron chi connectivity index (χ4n) is 1.92. The zero-order valence-electron chi connectivity index (χ0n) is 8.40. The van der Waals surface area contributed by atoms with Gasteiger partial charge in [-0.3, -0.25) is 10.1 Å². The van der Waals surface area contributed by atoms with Gasteiger partial charge in [-0.05, 0) is 6.92 Å². The third-order valence-electron chi connectivity index (χ3n) is 2.65. The Bertz CT molecular complexity index is 237. The van der Waals surface area contributed by atoms with E-state index in [9.17, 15) is 14.5 Å². The summed E-state index contributed by atoms with van der Waals surface area (Å²) in [6, 6.07) is 0. The molecule has 0 aromatic heterocycles. The van der Waals surface area contributed by atoms with Gasteiger partial charge in [0.15, 0.2) is 6.10 Å². The Morgan fingerprint density at radius 1 is 1.71 bits per heavy atom. The zero-order valence-corrected chi connectivity index (χ0v) is 8.40. The van der Waals surface area contributed by atoms with Crippen LogP contribution in [0, 0.1) is 10.1 Å². The van der Waals surface area contributed by atoms with E-state index in [0.717, 1.165) is 0 Å². The number of methoxy groups -OCH3 is 1. The topological polar surface area (TPSA) is 61.6 Å². The molecule has 0 aromatic carbocycles. The van der Waals surface area contributed by atoms with E-state index >= 15 is 0 Å². The van der Waals surface area contributed by atoms with E-state index in [1.807, 2.05) is 0 Å². The highest BCUT2D eigenvalue weighted by atomic mass is 19.1. The lowest BCUT2D eigenvalue weighted by Gasteiger charge is -2.38. The van der Waals surface area contributed by atoms with Crippen LogP contribution in [0.2, 0.25) is 0 Å². The van der Waals surface area contributed by atoms with Crippen LogP contribution in [0.4, 0.5) is 4.39 Å². The molecule has 0 bridgehead atoms. The van der Waals surface area contributed by atoms with Crippen molar-refractivity contribution in [1.29, 1.82) is 0 Å². The first kappa shape index (κ1) is 11.3. The van der Waals surface area contributed by atoms with Crippen LogP contribution in [0.15, 0.2) is 0 Å². The van der Waals surface area contributed by atoms with Crippen LogP contribution in [0.3, 0.4) is 0 Å². The van der Waals surface area contributed by atoms with E-state index in [1.165, 1.54) is 14.0 Å². The first-order valence-corrected chi connectivity index (χ1v) is 4.38. The molecule has 1 heterocycles. The number of halogens is 1. The molecule has 0 aliphatic carbocycles. The molecule has 0 amide bonds. The van der Waals surface area contributed by atoms with Crippen molar-refractivity contribution in [3.63, 3.8) is 0 Å². The molecule has 0 radical (unpaired) electrons. The Morgan fingerprint density at radius 3 is 2.71 bits per heavy atom. The number of nitro groups is 1. The monoisotopic (exact) mass is 207 g/mol. The molecule has 0 spiro atoms. The maximum absolute atomic E-state index is 13.0. The van der Waals surface area contributed by atoms with Crippen LogP contribution in [0.1, 0.15) is 20.3 Å². The van der Waals surface area contributed by atoms with E-state index in [4.69, 9.17) is 9.47 Å². The van der Waals surface area contributed by atoms with Crippen molar-refractivity contribution in [3.05, 3.63) is 10.1 Å². The van der Waals surface area contributed by atoms with Crippen molar-refractivity contribution in [2.24, 2.45) is 0 Å². The van der Waals surface area contributed by atoms with Crippen LogP contribution in [-0.2, 0) is 9.47 Å². The molecule has 4 atom stereocenters. The molecule has 1 aliphatic rings. The molecule has 1 saturated heterocycles. The van der Waals surface area contributed by atoms with Crippen molar-refractivity contribution in [3.8, 4) is 0 Å². The molecule has 1 aliphatic heterocycles. The van der Waals surface area contributed by atoms with E-state index in [0.29, 0.717) is 0 Å². The van der Waals surface area contributed by atoms with E-state index in [-0.39, 0.29) is 6.42 Å². The number of rotatable bonds is 2. The minimum absolute atomic E-state index is 0.275. The van der Waals surface area contributed by atoms with Crippen LogP contribution in [-0.4, -0.2) is 36.1 Å². The Labute approximate surface area is 81.3 Å².